The number of hydrogen-bond donors (Lipinski definition) is 6. The van der Waals surface area contributed by atoms with Crippen molar-refractivity contribution in [3.8, 4) is 0 Å². The Kier molecular flexibility index (Phi) is 39.5. The van der Waals surface area contributed by atoms with Gasteiger partial charge >= 0.3 is 12.4 Å². The summed E-state index contributed by atoms with van der Waals surface area (Å²) in [6.45, 7) is 11.6. The van der Waals surface area contributed by atoms with Crippen molar-refractivity contribution in [1.29, 1.82) is 0 Å². The third-order valence-corrected chi connectivity index (χ3v) is 9.59. The molecule has 0 aliphatic carbocycles. The van der Waals surface area contributed by atoms with Gasteiger partial charge in [-0.05, 0) is 0 Å². The molecule has 0 saturated heterocycles. The van der Waals surface area contributed by atoms with Gasteiger partial charge in [-0.3, -0.25) is 19.2 Å². The smallest absolute Gasteiger partial charge is 0.430 e. The van der Waals surface area contributed by atoms with Gasteiger partial charge in [-0.15, -0.1) is 0 Å². The lowest BCUT2D eigenvalue weighted by atomic mass is 10.1. The number of aliphatic carboxylic acids is 2. The molecule has 384 valence electrons. The molecule has 0 aromatic carbocycles. The maximum Gasteiger partial charge on any atom is 0.430 e. The monoisotopic (exact) mass is 961 g/mol. The maximum absolute atomic E-state index is 12.2. The molecule has 26 heteroatoms. The second-order valence-electron chi connectivity index (χ2n) is 14.8. The highest BCUT2D eigenvalue weighted by Gasteiger charge is 2.32. The molecule has 0 heterocycles. The maximum atomic E-state index is 12.2. The Morgan fingerprint density at radius 1 is 0.431 bits per heavy atom. The van der Waals surface area contributed by atoms with E-state index in [1.165, 1.54) is 0 Å². The van der Waals surface area contributed by atoms with E-state index in [-0.39, 0.29) is 23.6 Å². The van der Waals surface area contributed by atoms with Crippen LogP contribution in [-0.4, -0.2) is 203 Å². The molecule has 20 nitrogen and oxygen atoms in total. The van der Waals surface area contributed by atoms with Gasteiger partial charge in [0.2, 0.25) is 23.6 Å². The number of methoxy groups -OCH3 is 4. The summed E-state index contributed by atoms with van der Waals surface area (Å²) in [4.78, 5) is 66.3. The lowest BCUT2D eigenvalue weighted by molar-refractivity contribution is -0.945. The molecule has 8 N–H and O–H groups in total. The summed E-state index contributed by atoms with van der Waals surface area (Å²) in [5.41, 5.74) is 12.4. The molecule has 0 radical (unpaired) electrons. The fourth-order valence-corrected chi connectivity index (χ4v) is 6.33. The Hall–Kier alpha value is -3.92. The number of hydrogen-bond acceptors (Lipinski definition) is 14. The molecule has 0 bridgehead atoms. The van der Waals surface area contributed by atoms with Crippen LogP contribution in [-0.2, 0) is 47.7 Å². The highest BCUT2D eigenvalue weighted by atomic mass is 19.4. The predicted octanol–water partition coefficient (Wildman–Crippen LogP) is -2.30. The van der Waals surface area contributed by atoms with E-state index in [9.17, 15) is 45.5 Å². The van der Waals surface area contributed by atoms with Gasteiger partial charge in [0.05, 0.1) is 78.8 Å². The first kappa shape index (κ1) is 65.4. The number of nitrogens with one attached hydrogen (secondary N) is 4. The van der Waals surface area contributed by atoms with Gasteiger partial charge in [0.25, 0.3) is 0 Å². The third kappa shape index (κ3) is 39.0. The topological polar surface area (TPSA) is 286 Å². The second kappa shape index (κ2) is 39.3. The standard InChI is InChI=1S/C35H72N8O8.2C2HF3O2/c1-48-28-10-32(44)38-16-5-20-42(26-14-36,21-6-17-39-33(45)11-29-49-2)24-9-25-43(27-15-37,22-7-18-40-34(46)12-30-50-3)23-8-19-41-35(47)13-31-51-4;2*3-2(4,5)1(6)7/h5-31,36-37H2,1-4H3,(H2-2,38,39,40,41,44,45,46,47);2*(H,6,7). The minimum Gasteiger partial charge on any atom is -0.542 e. The van der Waals surface area contributed by atoms with Gasteiger partial charge in [0.1, 0.15) is 11.9 Å². The SMILES string of the molecule is COCCC(=O)NCCC[N+](CCN)(CCCNC(=O)CCOC)CCC[N+](CCN)(CCCNC(=O)CCOC)CCCNC(=O)CCOC.O=C([O-])C(F)(F)F.O=C([O-])C(F)(F)F. The summed E-state index contributed by atoms with van der Waals surface area (Å²) in [6, 6.07) is 0. The molecule has 0 unspecified atom stereocenters. The number of carbonyl (C=O) groups excluding carboxylic acids is 6. The van der Waals surface area contributed by atoms with Crippen molar-refractivity contribution in [2.45, 2.75) is 70.1 Å². The molecule has 65 heavy (non-hydrogen) atoms. The van der Waals surface area contributed by atoms with Crippen molar-refractivity contribution in [1.82, 2.24) is 21.3 Å². The first-order chi connectivity index (χ1) is 30.5. The van der Waals surface area contributed by atoms with Crippen molar-refractivity contribution in [3.05, 3.63) is 0 Å². The van der Waals surface area contributed by atoms with Crippen LogP contribution >= 0.6 is 0 Å². The number of nitrogens with zero attached hydrogens (tertiary/aromatic N) is 2. The number of amides is 4. The number of ether oxygens (including phenoxy) is 4. The molecule has 4 amide bonds. The fourth-order valence-electron chi connectivity index (χ4n) is 6.33. The van der Waals surface area contributed by atoms with E-state index >= 15 is 0 Å². The molecular formula is C39H74F6N8O12. The molecule has 0 aliphatic heterocycles. The summed E-state index contributed by atoms with van der Waals surface area (Å²) in [5.74, 6) is -6.12. The van der Waals surface area contributed by atoms with Crippen LogP contribution in [0.3, 0.4) is 0 Å². The predicted molar refractivity (Wildman–Crippen MR) is 221 cm³/mol. The first-order valence-electron chi connectivity index (χ1n) is 21.2. The van der Waals surface area contributed by atoms with Gasteiger partial charge in [-0.1, -0.05) is 0 Å². The normalized spacial score (nSPS) is 11.6. The minimum absolute atomic E-state index is 0.0267. The van der Waals surface area contributed by atoms with Crippen LogP contribution in [0.1, 0.15) is 57.8 Å². The lowest BCUT2D eigenvalue weighted by Crippen LogP contribution is -2.57. The number of carbonyl (C=O) groups is 6. The van der Waals surface area contributed by atoms with E-state index in [0.717, 1.165) is 93.4 Å². The van der Waals surface area contributed by atoms with Gasteiger partial charge in [-0.2, -0.15) is 26.3 Å². The number of alkyl halides is 6. The Morgan fingerprint density at radius 2 is 0.631 bits per heavy atom. The average Bonchev–Trinajstić information content (AvgIpc) is 3.23. The van der Waals surface area contributed by atoms with Gasteiger partial charge in [0, 0.05) is 125 Å². The zero-order valence-corrected chi connectivity index (χ0v) is 38.3. The number of rotatable bonds is 36. The molecule has 0 fully saturated rings. The van der Waals surface area contributed by atoms with Crippen molar-refractivity contribution in [3.63, 3.8) is 0 Å². The number of halogens is 6. The molecule has 0 aliphatic rings. The molecule has 0 aromatic rings. The zero-order valence-electron chi connectivity index (χ0n) is 38.3. The summed E-state index contributed by atoms with van der Waals surface area (Å²) in [6.07, 6.45) is -4.95. The molecule has 0 saturated carbocycles. The summed E-state index contributed by atoms with van der Waals surface area (Å²) >= 11 is 0. The van der Waals surface area contributed by atoms with Crippen molar-refractivity contribution in [2.24, 2.45) is 11.5 Å². The number of carboxylic acids is 2. The quantitative estimate of drug-likeness (QED) is 0.0219. The average molecular weight is 961 g/mol. The molecule has 0 spiro atoms. The Bertz CT molecular complexity index is 1150. The third-order valence-electron chi connectivity index (χ3n) is 9.59. The second-order valence-corrected chi connectivity index (χ2v) is 14.8. The fraction of sp³-hybridized carbons (Fsp3) is 0.846. The summed E-state index contributed by atoms with van der Waals surface area (Å²) < 4.78 is 84.8. The Balaban J connectivity index is -0.00000234. The number of quaternary nitrogens is 2. The summed E-state index contributed by atoms with van der Waals surface area (Å²) in [7, 11) is 6.32. The van der Waals surface area contributed by atoms with E-state index in [1.807, 2.05) is 0 Å². The first-order valence-corrected chi connectivity index (χ1v) is 21.2. The van der Waals surface area contributed by atoms with E-state index < -0.39 is 24.3 Å². The van der Waals surface area contributed by atoms with Crippen LogP contribution in [0, 0.1) is 0 Å². The van der Waals surface area contributed by atoms with E-state index in [4.69, 9.17) is 50.2 Å². The molecule has 0 aromatic heterocycles. The highest BCUT2D eigenvalue weighted by molar-refractivity contribution is 5.77. The molecule has 0 rings (SSSR count). The van der Waals surface area contributed by atoms with E-state index in [1.54, 1.807) is 28.4 Å². The van der Waals surface area contributed by atoms with Crippen molar-refractivity contribution >= 4 is 35.6 Å². The van der Waals surface area contributed by atoms with Gasteiger partial charge in [0.15, 0.2) is 0 Å². The van der Waals surface area contributed by atoms with Crippen LogP contribution in [0.4, 0.5) is 26.3 Å². The van der Waals surface area contributed by atoms with Crippen LogP contribution in [0.2, 0.25) is 0 Å². The Morgan fingerprint density at radius 3 is 0.800 bits per heavy atom. The molecule has 0 atom stereocenters. The number of nitrogens with two attached hydrogens (primary N) is 2. The van der Waals surface area contributed by atoms with Gasteiger partial charge < -0.3 is 80.5 Å². The molecular weight excluding hydrogens is 886 g/mol. The van der Waals surface area contributed by atoms with Crippen LogP contribution < -0.4 is 42.9 Å². The summed E-state index contributed by atoms with van der Waals surface area (Å²) in [5, 5.41) is 29.6. The van der Waals surface area contributed by atoms with Crippen molar-refractivity contribution < 1.29 is 93.2 Å². The van der Waals surface area contributed by atoms with Crippen LogP contribution in [0.25, 0.3) is 0 Å². The van der Waals surface area contributed by atoms with Crippen LogP contribution in [0.5, 0.6) is 0 Å². The van der Waals surface area contributed by atoms with Crippen LogP contribution in [0.15, 0.2) is 0 Å². The largest absolute Gasteiger partial charge is 0.542 e. The zero-order chi connectivity index (χ0) is 50.2. The minimum atomic E-state index is -5.19. The van der Waals surface area contributed by atoms with Gasteiger partial charge in [-0.25, -0.2) is 0 Å². The Labute approximate surface area is 377 Å². The lowest BCUT2D eigenvalue weighted by Gasteiger charge is -2.42. The van der Waals surface area contributed by atoms with Crippen molar-refractivity contribution in [2.75, 3.05) is 146 Å². The van der Waals surface area contributed by atoms with E-state index in [0.29, 0.717) is 91.4 Å². The van der Waals surface area contributed by atoms with E-state index in [2.05, 4.69) is 21.3 Å². The number of carboxylic acid groups (broad SMARTS) is 2. The highest BCUT2D eigenvalue weighted by Crippen LogP contribution is 2.17.